The second kappa shape index (κ2) is 11.2. The van der Waals surface area contributed by atoms with Gasteiger partial charge in [0.1, 0.15) is 22.9 Å². The number of rotatable bonds is 9. The van der Waals surface area contributed by atoms with Gasteiger partial charge in [-0.15, -0.1) is 0 Å². The first-order valence-electron chi connectivity index (χ1n) is 13.5. The van der Waals surface area contributed by atoms with Gasteiger partial charge in [0.15, 0.2) is 11.4 Å². The topological polar surface area (TPSA) is 209 Å². The summed E-state index contributed by atoms with van der Waals surface area (Å²) in [4.78, 5) is 39.9. The van der Waals surface area contributed by atoms with Gasteiger partial charge in [0.2, 0.25) is 11.7 Å². The Kier molecular flexibility index (Phi) is 8.25. The minimum Gasteiger partial charge on any atom is -0.510 e. The number of phenolic OH excluding ortho intramolecular Hbond substituents is 1. The largest absolute Gasteiger partial charge is 0.510 e. The average molecular weight is 574 g/mol. The fourth-order valence-corrected chi connectivity index (χ4v) is 6.31. The Balaban J connectivity index is 1.74. The Morgan fingerprint density at radius 2 is 1.93 bits per heavy atom. The number of amides is 2. The van der Waals surface area contributed by atoms with Gasteiger partial charge >= 0.3 is 0 Å². The Morgan fingerprint density at radius 3 is 2.54 bits per heavy atom. The fourth-order valence-electron chi connectivity index (χ4n) is 6.31. The molecule has 3 aliphatic rings. The SMILES string of the molecule is CCCCCNCC(=O)Nc1cc(F)c2c(c1O)C(O)=C1C(=O)[C@]3(O)C(=N)C(C(N)=O)=C(O)[C@@H](N(C)C)[C@@H]3C[C@@H]1C2. The van der Waals surface area contributed by atoms with Crippen LogP contribution in [0.1, 0.15) is 43.7 Å². The molecule has 4 rings (SSSR count). The molecule has 0 saturated heterocycles. The number of halogens is 1. The predicted molar refractivity (Wildman–Crippen MR) is 148 cm³/mol. The van der Waals surface area contributed by atoms with Crippen molar-refractivity contribution < 1.29 is 39.2 Å². The summed E-state index contributed by atoms with van der Waals surface area (Å²) < 4.78 is 15.4. The third kappa shape index (κ3) is 4.87. The van der Waals surface area contributed by atoms with Crippen molar-refractivity contribution in [3.05, 3.63) is 39.9 Å². The number of aromatic hydroxyl groups is 1. The predicted octanol–water partition coefficient (Wildman–Crippen LogP) is 1.27. The summed E-state index contributed by atoms with van der Waals surface area (Å²) in [5, 5.41) is 58.7. The highest BCUT2D eigenvalue weighted by atomic mass is 19.1. The molecule has 9 N–H and O–H groups in total. The number of primary amides is 1. The average Bonchev–Trinajstić information content (AvgIpc) is 2.88. The molecule has 0 radical (unpaired) electrons. The normalized spacial score (nSPS) is 25.7. The molecule has 1 aromatic carbocycles. The van der Waals surface area contributed by atoms with Crippen molar-refractivity contribution in [1.82, 2.24) is 10.2 Å². The lowest BCUT2D eigenvalue weighted by Gasteiger charge is -2.51. The van der Waals surface area contributed by atoms with Crippen LogP contribution in [0.2, 0.25) is 0 Å². The lowest BCUT2D eigenvalue weighted by molar-refractivity contribution is -0.138. The van der Waals surface area contributed by atoms with Crippen LogP contribution in [-0.4, -0.2) is 87.5 Å². The first kappa shape index (κ1) is 30.2. The maximum atomic E-state index is 15.4. The number of carbonyl (C=O) groups is 3. The van der Waals surface area contributed by atoms with Gasteiger partial charge in [-0.2, -0.15) is 0 Å². The molecule has 0 bridgehead atoms. The summed E-state index contributed by atoms with van der Waals surface area (Å²) in [6, 6.07) is -0.147. The van der Waals surface area contributed by atoms with Gasteiger partial charge in [-0.3, -0.25) is 19.3 Å². The zero-order valence-corrected chi connectivity index (χ0v) is 23.2. The number of fused-ring (bicyclic) bond motifs is 3. The van der Waals surface area contributed by atoms with Crippen LogP contribution in [0.5, 0.6) is 5.75 Å². The van der Waals surface area contributed by atoms with E-state index in [4.69, 9.17) is 11.1 Å². The summed E-state index contributed by atoms with van der Waals surface area (Å²) in [6.45, 7) is 2.55. The smallest absolute Gasteiger partial charge is 0.254 e. The molecule has 0 aliphatic heterocycles. The molecule has 12 nitrogen and oxygen atoms in total. The molecule has 41 heavy (non-hydrogen) atoms. The fraction of sp³-hybridized carbons (Fsp3) is 0.500. The standard InChI is InChI=1S/C28H36FN5O7/c1-4-5-6-7-32-11-17(35)33-16-10-15(29)13-8-12-9-14-21(34(2)3)24(38)20(27(31)40)25(30)28(14,41)26(39)18(12)23(37)19(13)22(16)36/h10,12,14,21,30,32,36-38,41H,4-9,11H2,1-3H3,(H2,31,40)(H,33,35)/t12-,14-,21-,28+/m0/s1. The molecule has 0 heterocycles. The number of aliphatic hydroxyl groups is 3. The zero-order chi connectivity index (χ0) is 30.4. The van der Waals surface area contributed by atoms with Crippen molar-refractivity contribution in [3.63, 3.8) is 0 Å². The van der Waals surface area contributed by atoms with Crippen LogP contribution in [0.25, 0.3) is 5.76 Å². The summed E-state index contributed by atoms with van der Waals surface area (Å²) in [5.74, 6) is -7.72. The lowest BCUT2D eigenvalue weighted by Crippen LogP contribution is -2.67. The maximum absolute atomic E-state index is 15.4. The molecule has 1 aromatic rings. The van der Waals surface area contributed by atoms with E-state index in [1.807, 2.05) is 6.92 Å². The Bertz CT molecular complexity index is 1390. The highest BCUT2D eigenvalue weighted by molar-refractivity contribution is 6.34. The van der Waals surface area contributed by atoms with Crippen LogP contribution in [0.3, 0.4) is 0 Å². The van der Waals surface area contributed by atoms with Crippen molar-refractivity contribution in [2.45, 2.75) is 50.7 Å². The third-order valence-corrected chi connectivity index (χ3v) is 8.24. The lowest BCUT2D eigenvalue weighted by atomic mass is 9.57. The molecule has 0 aromatic heterocycles. The first-order chi connectivity index (χ1) is 19.3. The van der Waals surface area contributed by atoms with Gasteiger partial charge in [0, 0.05) is 23.1 Å². The van der Waals surface area contributed by atoms with E-state index in [0.29, 0.717) is 6.54 Å². The zero-order valence-electron chi connectivity index (χ0n) is 23.2. The minimum absolute atomic E-state index is 0.0786. The number of likely N-dealkylation sites (N-methyl/N-ethyl adjacent to an activating group) is 1. The van der Waals surface area contributed by atoms with E-state index in [0.717, 1.165) is 25.3 Å². The summed E-state index contributed by atoms with van der Waals surface area (Å²) in [5.41, 5.74) is -0.0116. The summed E-state index contributed by atoms with van der Waals surface area (Å²) in [6.07, 6.45) is 2.64. The number of nitrogens with zero attached hydrogens (tertiary/aromatic N) is 1. The monoisotopic (exact) mass is 573 g/mol. The summed E-state index contributed by atoms with van der Waals surface area (Å²) in [7, 11) is 3.10. The van der Waals surface area contributed by atoms with Gasteiger partial charge in [-0.25, -0.2) is 4.39 Å². The molecule has 3 aliphatic carbocycles. The highest BCUT2D eigenvalue weighted by Gasteiger charge is 2.63. The Labute approximate surface area is 236 Å². The number of phenols is 1. The van der Waals surface area contributed by atoms with E-state index in [9.17, 15) is 34.8 Å². The van der Waals surface area contributed by atoms with Crippen molar-refractivity contribution in [1.29, 1.82) is 5.41 Å². The van der Waals surface area contributed by atoms with Crippen molar-refractivity contribution >= 4 is 34.8 Å². The molecule has 4 atom stereocenters. The number of nitrogens with two attached hydrogens (primary N) is 1. The van der Waals surface area contributed by atoms with E-state index in [1.165, 1.54) is 4.90 Å². The van der Waals surface area contributed by atoms with E-state index < -0.39 is 81.0 Å². The molecule has 1 saturated carbocycles. The van der Waals surface area contributed by atoms with Gasteiger partial charge in [-0.1, -0.05) is 19.8 Å². The maximum Gasteiger partial charge on any atom is 0.254 e. The third-order valence-electron chi connectivity index (χ3n) is 8.24. The van der Waals surface area contributed by atoms with Gasteiger partial charge in [0.25, 0.3) is 5.91 Å². The Morgan fingerprint density at radius 1 is 1.24 bits per heavy atom. The van der Waals surface area contributed by atoms with E-state index in [2.05, 4.69) is 10.6 Å². The van der Waals surface area contributed by atoms with Gasteiger partial charge in [-0.05, 0) is 45.8 Å². The second-order valence-corrected chi connectivity index (χ2v) is 11.0. The number of anilines is 1. The van der Waals surface area contributed by atoms with Crippen LogP contribution in [0, 0.1) is 23.1 Å². The molecule has 1 fully saturated rings. The van der Waals surface area contributed by atoms with Crippen molar-refractivity contribution in [2.24, 2.45) is 17.6 Å². The van der Waals surface area contributed by atoms with Crippen molar-refractivity contribution in [3.8, 4) is 5.75 Å². The Hall–Kier alpha value is -3.81. The van der Waals surface area contributed by atoms with E-state index in [-0.39, 0.29) is 36.2 Å². The number of benzene rings is 1. The van der Waals surface area contributed by atoms with Crippen LogP contribution in [-0.2, 0) is 20.8 Å². The van der Waals surface area contributed by atoms with Crippen LogP contribution < -0.4 is 16.4 Å². The number of hydrogen-bond acceptors (Lipinski definition) is 10. The van der Waals surface area contributed by atoms with Crippen LogP contribution in [0.15, 0.2) is 23.0 Å². The summed E-state index contributed by atoms with van der Waals surface area (Å²) >= 11 is 0. The number of aliphatic hydroxyl groups excluding tert-OH is 2. The van der Waals surface area contributed by atoms with Crippen LogP contribution in [0.4, 0.5) is 10.1 Å². The number of hydrogen-bond donors (Lipinski definition) is 8. The highest BCUT2D eigenvalue weighted by Crippen LogP contribution is 2.53. The number of carbonyl (C=O) groups excluding carboxylic acids is 3. The molecule has 0 spiro atoms. The number of ketones is 1. The number of nitrogens with one attached hydrogen (secondary N) is 3. The van der Waals surface area contributed by atoms with Crippen LogP contribution >= 0.6 is 0 Å². The number of Topliss-reactive ketones (excluding diaryl/α,β-unsaturated/α-hetero) is 1. The molecule has 0 unspecified atom stereocenters. The van der Waals surface area contributed by atoms with E-state index in [1.54, 1.807) is 14.1 Å². The van der Waals surface area contributed by atoms with E-state index >= 15 is 4.39 Å². The minimum atomic E-state index is -2.65. The molecule has 2 amide bonds. The first-order valence-corrected chi connectivity index (χ1v) is 13.5. The van der Waals surface area contributed by atoms with Crippen molar-refractivity contribution in [2.75, 3.05) is 32.5 Å². The van der Waals surface area contributed by atoms with Gasteiger partial charge < -0.3 is 42.2 Å². The number of unbranched alkanes of at least 4 members (excludes halogenated alkanes) is 2. The molecular weight excluding hydrogens is 537 g/mol. The molecular formula is C28H36FN5O7. The quantitative estimate of drug-likeness (QED) is 0.158. The second-order valence-electron chi connectivity index (χ2n) is 11.0. The molecule has 13 heteroatoms. The molecule has 222 valence electrons. The van der Waals surface area contributed by atoms with Gasteiger partial charge in [0.05, 0.1) is 29.5 Å².